The number of hydrogen-bond acceptors (Lipinski definition) is 12. The second-order valence-electron chi connectivity index (χ2n) is 10.4. The van der Waals surface area contributed by atoms with Crippen LogP contribution in [0, 0.1) is 0 Å². The zero-order valence-corrected chi connectivity index (χ0v) is 28.0. The number of hydrogen-bond donors (Lipinski definition) is 4. The molecule has 3 aromatic rings. The second-order valence-corrected chi connectivity index (χ2v) is 15.0. The van der Waals surface area contributed by atoms with Crippen LogP contribution in [0.5, 0.6) is 11.5 Å². The molecule has 0 aliphatic rings. The lowest BCUT2D eigenvalue weighted by Crippen LogP contribution is -2.37. The Morgan fingerprint density at radius 3 is 1.61 bits per heavy atom. The van der Waals surface area contributed by atoms with E-state index in [2.05, 4.69) is 21.3 Å². The molecular weight excluding hydrogens is 644 g/mol. The smallest absolute Gasteiger partial charge is 0.412 e. The van der Waals surface area contributed by atoms with Crippen LogP contribution in [0.15, 0.2) is 34.7 Å². The van der Waals surface area contributed by atoms with Crippen molar-refractivity contribution < 1.29 is 45.1 Å². The summed E-state index contributed by atoms with van der Waals surface area (Å²) in [4.78, 5) is 37.7. The minimum absolute atomic E-state index is 0.00488. The Balaban J connectivity index is 1.71. The molecule has 0 radical (unpaired) electrons. The maximum atomic E-state index is 12.8. The number of Topliss-reactive ketones (excluding diaryl/α,β-unsaturated/α-hetero) is 1. The van der Waals surface area contributed by atoms with Crippen molar-refractivity contribution in [3.05, 3.63) is 36.1 Å². The predicted octanol–water partition coefficient (Wildman–Crippen LogP) is 0.927. The number of nitrogens with zero attached hydrogens (tertiary/aromatic N) is 2. The number of ketones is 1. The Kier molecular flexibility index (Phi) is 12.9. The highest BCUT2D eigenvalue weighted by atomic mass is 32.2. The summed E-state index contributed by atoms with van der Waals surface area (Å²) in [6.07, 6.45) is -1.63. The van der Waals surface area contributed by atoms with Crippen molar-refractivity contribution in [3.63, 3.8) is 0 Å². The number of nitrogens with one attached hydrogen (secondary N) is 4. The van der Waals surface area contributed by atoms with Gasteiger partial charge in [0.1, 0.15) is 0 Å². The van der Waals surface area contributed by atoms with E-state index < -0.39 is 38.0 Å². The third kappa shape index (κ3) is 9.84. The highest BCUT2D eigenvalue weighted by Gasteiger charge is 2.25. The number of carbonyl (C=O) groups excluding carboxylic acids is 3. The summed E-state index contributed by atoms with van der Waals surface area (Å²) in [7, 11) is -0.889. The van der Waals surface area contributed by atoms with Crippen molar-refractivity contribution in [2.75, 3.05) is 79.0 Å². The first kappa shape index (κ1) is 36.7. The second kappa shape index (κ2) is 16.1. The zero-order chi connectivity index (χ0) is 34.1. The Hall–Kier alpha value is -3.81. The molecule has 16 nitrogen and oxygen atoms in total. The molecule has 0 aliphatic carbocycles. The summed E-state index contributed by atoms with van der Waals surface area (Å²) in [6.45, 7) is 2.49. The van der Waals surface area contributed by atoms with Crippen molar-refractivity contribution in [2.45, 2.75) is 6.92 Å². The van der Waals surface area contributed by atoms with Crippen LogP contribution in [0.4, 0.5) is 9.59 Å². The van der Waals surface area contributed by atoms with Gasteiger partial charge in [-0.1, -0.05) is 24.3 Å². The molecule has 0 fully saturated rings. The van der Waals surface area contributed by atoms with Crippen LogP contribution in [-0.2, 0) is 20.0 Å². The van der Waals surface area contributed by atoms with Crippen LogP contribution in [0.1, 0.15) is 17.5 Å². The Bertz CT molecular complexity index is 1650. The average Bonchev–Trinajstić information content (AvgIpc) is 3.44. The van der Waals surface area contributed by atoms with E-state index in [1.54, 1.807) is 24.3 Å². The fraction of sp³-hybridized carbons (Fsp3) is 0.464. The molecule has 0 spiro atoms. The zero-order valence-electron chi connectivity index (χ0n) is 26.3. The van der Waals surface area contributed by atoms with Crippen LogP contribution < -0.4 is 30.7 Å². The molecule has 2 amide bonds. The van der Waals surface area contributed by atoms with Gasteiger partial charge in [-0.05, 0) is 6.07 Å². The molecule has 2 aromatic carbocycles. The SMILES string of the molecule is CC(=O)c1cc2c(OC(=O)NCCNCCS(=O)(=O)N(C)C)c3ccccc3c(OC(=O)NCCNCCS(=O)(=O)N(C)C)c2o1. The third-order valence-electron chi connectivity index (χ3n) is 6.66. The van der Waals surface area contributed by atoms with Gasteiger partial charge in [0.05, 0.1) is 16.9 Å². The number of ether oxygens (including phenoxy) is 2. The molecule has 4 N–H and O–H groups in total. The van der Waals surface area contributed by atoms with Crippen molar-refractivity contribution in [2.24, 2.45) is 0 Å². The van der Waals surface area contributed by atoms with E-state index in [1.807, 2.05) is 0 Å². The van der Waals surface area contributed by atoms with Gasteiger partial charge >= 0.3 is 12.2 Å². The summed E-state index contributed by atoms with van der Waals surface area (Å²) < 4.78 is 66.8. The molecule has 0 atom stereocenters. The van der Waals surface area contributed by atoms with Gasteiger partial charge in [0.2, 0.25) is 20.0 Å². The molecule has 0 saturated carbocycles. The Morgan fingerprint density at radius 2 is 1.15 bits per heavy atom. The Morgan fingerprint density at radius 1 is 0.696 bits per heavy atom. The van der Waals surface area contributed by atoms with Gasteiger partial charge in [-0.3, -0.25) is 4.79 Å². The highest BCUT2D eigenvalue weighted by molar-refractivity contribution is 7.89. The first-order valence-corrected chi connectivity index (χ1v) is 17.5. The summed E-state index contributed by atoms with van der Waals surface area (Å²) in [5.74, 6) is -0.567. The number of sulfonamides is 2. The number of carbonyl (C=O) groups is 3. The average molecular weight is 685 g/mol. The van der Waals surface area contributed by atoms with E-state index in [1.165, 1.54) is 41.2 Å². The molecule has 1 aromatic heterocycles. The normalized spacial score (nSPS) is 12.2. The number of rotatable bonds is 17. The van der Waals surface area contributed by atoms with E-state index >= 15 is 0 Å². The van der Waals surface area contributed by atoms with E-state index in [4.69, 9.17) is 13.9 Å². The van der Waals surface area contributed by atoms with E-state index in [0.717, 1.165) is 8.61 Å². The molecule has 3 rings (SSSR count). The van der Waals surface area contributed by atoms with Crippen LogP contribution in [0.25, 0.3) is 21.7 Å². The molecule has 1 heterocycles. The first-order chi connectivity index (χ1) is 21.6. The fourth-order valence-corrected chi connectivity index (χ4v) is 5.58. The lowest BCUT2D eigenvalue weighted by molar-refractivity contribution is 0.0989. The van der Waals surface area contributed by atoms with Crippen molar-refractivity contribution >= 4 is 59.8 Å². The lowest BCUT2D eigenvalue weighted by atomic mass is 10.1. The van der Waals surface area contributed by atoms with E-state index in [0.29, 0.717) is 10.8 Å². The van der Waals surface area contributed by atoms with Gasteiger partial charge in [-0.25, -0.2) is 35.0 Å². The van der Waals surface area contributed by atoms with Gasteiger partial charge in [0.15, 0.2) is 28.6 Å². The van der Waals surface area contributed by atoms with Crippen molar-refractivity contribution in [1.29, 1.82) is 0 Å². The molecule has 254 valence electrons. The molecule has 0 bridgehead atoms. The topological polar surface area (TPSA) is 206 Å². The van der Waals surface area contributed by atoms with E-state index in [-0.39, 0.29) is 79.0 Å². The van der Waals surface area contributed by atoms with Crippen molar-refractivity contribution in [3.8, 4) is 11.5 Å². The lowest BCUT2D eigenvalue weighted by Gasteiger charge is -2.15. The molecule has 46 heavy (non-hydrogen) atoms. The summed E-state index contributed by atoms with van der Waals surface area (Å²) >= 11 is 0. The van der Waals surface area contributed by atoms with Crippen molar-refractivity contribution in [1.82, 2.24) is 29.9 Å². The first-order valence-electron chi connectivity index (χ1n) is 14.3. The molecule has 0 aliphatic heterocycles. The molecule has 18 heteroatoms. The van der Waals surface area contributed by atoms with Gasteiger partial charge in [-0.15, -0.1) is 0 Å². The monoisotopic (exact) mass is 684 g/mol. The van der Waals surface area contributed by atoms with Crippen LogP contribution >= 0.6 is 0 Å². The Labute approximate surface area is 267 Å². The minimum Gasteiger partial charge on any atom is -0.449 e. The van der Waals surface area contributed by atoms with Crippen LogP contribution in [-0.4, -0.2) is 122 Å². The standard InChI is InChI=1S/C28H40N6O10S2/c1-19(35)23-18-22-24(43-27(36)31-12-10-29-14-16-45(38,39)33(2)3)20-8-6-7-9-21(20)25(26(22)42-23)44-28(37)32-13-11-30-15-17-46(40,41)34(4)5/h6-9,18,29-30H,10-17H2,1-5H3,(H,31,36)(H,32,37). The number of amides is 2. The minimum atomic E-state index is -3.35. The quantitative estimate of drug-likeness (QED) is 0.116. The summed E-state index contributed by atoms with van der Waals surface area (Å²) in [6, 6.07) is 8.07. The van der Waals surface area contributed by atoms with Gasteiger partial charge in [-0.2, -0.15) is 0 Å². The predicted molar refractivity (Wildman–Crippen MR) is 172 cm³/mol. The van der Waals surface area contributed by atoms with Crippen LogP contribution in [0.3, 0.4) is 0 Å². The highest BCUT2D eigenvalue weighted by Crippen LogP contribution is 2.44. The largest absolute Gasteiger partial charge is 0.449 e. The molecule has 0 unspecified atom stereocenters. The maximum Gasteiger partial charge on any atom is 0.412 e. The number of fused-ring (bicyclic) bond motifs is 2. The maximum absolute atomic E-state index is 12.8. The number of furan rings is 1. The van der Waals surface area contributed by atoms with E-state index in [9.17, 15) is 31.2 Å². The van der Waals surface area contributed by atoms with Crippen LogP contribution in [0.2, 0.25) is 0 Å². The molecule has 0 saturated heterocycles. The third-order valence-corrected chi connectivity index (χ3v) is 10.3. The summed E-state index contributed by atoms with van der Waals surface area (Å²) in [5, 5.41) is 12.0. The van der Waals surface area contributed by atoms with Gasteiger partial charge in [0, 0.05) is 85.2 Å². The van der Waals surface area contributed by atoms with Gasteiger partial charge in [0.25, 0.3) is 0 Å². The molecular formula is C28H40N6O10S2. The number of benzene rings is 2. The summed E-state index contributed by atoms with van der Waals surface area (Å²) in [5.41, 5.74) is 0.0117. The fourth-order valence-electron chi connectivity index (χ4n) is 4.04. The van der Waals surface area contributed by atoms with Gasteiger partial charge < -0.3 is 35.2 Å².